The van der Waals surface area contributed by atoms with Crippen molar-refractivity contribution in [1.82, 2.24) is 0 Å². The number of nitrogens with zero attached hydrogens (tertiary/aromatic N) is 1. The summed E-state index contributed by atoms with van der Waals surface area (Å²) in [7, 11) is 0. The Morgan fingerprint density at radius 2 is 1.81 bits per heavy atom. The summed E-state index contributed by atoms with van der Waals surface area (Å²) < 4.78 is 0. The number of rotatable bonds is 4. The Bertz CT molecular complexity index is 1050. The number of aryl methyl sites for hydroxylation is 1. The fraction of sp³-hybridized carbons (Fsp3) is 0.0476. The average molecular weight is 343 g/mol. The third kappa shape index (κ3) is 3.65. The van der Waals surface area contributed by atoms with E-state index in [1.54, 1.807) is 36.4 Å². The molecule has 0 fully saturated rings. The highest BCUT2D eigenvalue weighted by atomic mass is 16.3. The molecule has 26 heavy (non-hydrogen) atoms. The zero-order chi connectivity index (χ0) is 18.5. The lowest BCUT2D eigenvalue weighted by Crippen LogP contribution is -2.14. The first-order valence-electron chi connectivity index (χ1n) is 8.04. The molecule has 0 unspecified atom stereocenters. The second kappa shape index (κ2) is 7.41. The third-order valence-corrected chi connectivity index (χ3v) is 3.91. The van der Waals surface area contributed by atoms with Gasteiger partial charge in [-0.25, -0.2) is 0 Å². The molecule has 0 spiro atoms. The fourth-order valence-corrected chi connectivity index (χ4v) is 2.63. The van der Waals surface area contributed by atoms with Crippen LogP contribution in [0.15, 0.2) is 72.4 Å². The normalized spacial score (nSPS) is 11.0. The average Bonchev–Trinajstić information content (AvgIpc) is 2.63. The molecule has 3 rings (SSSR count). The number of hydrogen-bond acceptors (Lipinski definition) is 4. The lowest BCUT2D eigenvalue weighted by Gasteiger charge is -2.09. The van der Waals surface area contributed by atoms with Gasteiger partial charge in [-0.05, 0) is 36.8 Å². The Kier molecular flexibility index (Phi) is 4.86. The molecule has 0 saturated carbocycles. The van der Waals surface area contributed by atoms with Crippen LogP contribution in [-0.2, 0) is 4.79 Å². The summed E-state index contributed by atoms with van der Waals surface area (Å²) in [6.07, 6.45) is 1.38. The standard InChI is InChI=1S/C21H17N3O2/c1-14-5-2-6-16(11-14)23-13-15(12-22)21(26)24-19-9-3-8-18-17(19)7-4-10-20(18)25/h2-11,13,23,25H,1H3,(H,24,26)/b15-13-. The molecule has 5 heteroatoms. The van der Waals surface area contributed by atoms with Crippen molar-refractivity contribution in [2.75, 3.05) is 10.6 Å². The van der Waals surface area contributed by atoms with Crippen LogP contribution in [0.25, 0.3) is 10.8 Å². The molecule has 128 valence electrons. The van der Waals surface area contributed by atoms with Gasteiger partial charge in [0.05, 0.1) is 0 Å². The number of aromatic hydroxyl groups is 1. The van der Waals surface area contributed by atoms with Crippen molar-refractivity contribution >= 4 is 28.1 Å². The number of phenols is 1. The van der Waals surface area contributed by atoms with Gasteiger partial charge in [-0.15, -0.1) is 0 Å². The predicted molar refractivity (Wildman–Crippen MR) is 103 cm³/mol. The zero-order valence-electron chi connectivity index (χ0n) is 14.2. The van der Waals surface area contributed by atoms with Gasteiger partial charge < -0.3 is 15.7 Å². The van der Waals surface area contributed by atoms with Crippen molar-refractivity contribution in [3.8, 4) is 11.8 Å². The summed E-state index contributed by atoms with van der Waals surface area (Å²) in [5.41, 5.74) is 2.34. The molecule has 5 nitrogen and oxygen atoms in total. The maximum Gasteiger partial charge on any atom is 0.267 e. The van der Waals surface area contributed by atoms with Crippen LogP contribution in [0.2, 0.25) is 0 Å². The van der Waals surface area contributed by atoms with Crippen LogP contribution in [-0.4, -0.2) is 11.0 Å². The van der Waals surface area contributed by atoms with Crippen LogP contribution in [0.1, 0.15) is 5.56 Å². The fourth-order valence-electron chi connectivity index (χ4n) is 2.63. The molecular formula is C21H17N3O2. The van der Waals surface area contributed by atoms with Crippen LogP contribution in [0.5, 0.6) is 5.75 Å². The highest BCUT2D eigenvalue weighted by Gasteiger charge is 2.12. The maximum atomic E-state index is 12.5. The highest BCUT2D eigenvalue weighted by Crippen LogP contribution is 2.29. The molecule has 3 aromatic carbocycles. The predicted octanol–water partition coefficient (Wildman–Crippen LogP) is 4.31. The number of hydrogen-bond donors (Lipinski definition) is 3. The number of phenolic OH excluding ortho intramolecular Hbond substituents is 1. The number of carbonyl (C=O) groups is 1. The summed E-state index contributed by atoms with van der Waals surface area (Å²) in [4.78, 5) is 12.5. The number of nitriles is 1. The van der Waals surface area contributed by atoms with E-state index >= 15 is 0 Å². The molecule has 3 aromatic rings. The minimum atomic E-state index is -0.525. The van der Waals surface area contributed by atoms with Gasteiger partial charge in [-0.3, -0.25) is 4.79 Å². The van der Waals surface area contributed by atoms with Crippen LogP contribution in [0.3, 0.4) is 0 Å². The van der Waals surface area contributed by atoms with Crippen molar-refractivity contribution in [2.24, 2.45) is 0 Å². The minimum Gasteiger partial charge on any atom is -0.507 e. The number of benzene rings is 3. The quantitative estimate of drug-likeness (QED) is 0.487. The summed E-state index contributed by atoms with van der Waals surface area (Å²) >= 11 is 0. The van der Waals surface area contributed by atoms with Crippen molar-refractivity contribution < 1.29 is 9.90 Å². The largest absolute Gasteiger partial charge is 0.507 e. The molecule has 0 atom stereocenters. The maximum absolute atomic E-state index is 12.5. The van der Waals surface area contributed by atoms with Gasteiger partial charge in [-0.1, -0.05) is 36.4 Å². The zero-order valence-corrected chi connectivity index (χ0v) is 14.2. The number of nitrogens with one attached hydrogen (secondary N) is 2. The van der Waals surface area contributed by atoms with Gasteiger partial charge in [0.2, 0.25) is 0 Å². The molecule has 0 aliphatic rings. The summed E-state index contributed by atoms with van der Waals surface area (Å²) in [6.45, 7) is 1.96. The number of anilines is 2. The molecule has 0 aromatic heterocycles. The van der Waals surface area contributed by atoms with Gasteiger partial charge in [-0.2, -0.15) is 5.26 Å². The topological polar surface area (TPSA) is 85.2 Å². The minimum absolute atomic E-state index is 0.0522. The lowest BCUT2D eigenvalue weighted by atomic mass is 10.1. The Hall–Kier alpha value is -3.78. The summed E-state index contributed by atoms with van der Waals surface area (Å²) in [5, 5.41) is 26.3. The molecule has 0 aliphatic heterocycles. The van der Waals surface area contributed by atoms with E-state index in [0.717, 1.165) is 11.3 Å². The Labute approximate surface area is 151 Å². The molecule has 0 radical (unpaired) electrons. The van der Waals surface area contributed by atoms with Crippen LogP contribution < -0.4 is 10.6 Å². The van der Waals surface area contributed by atoms with Crippen molar-refractivity contribution in [1.29, 1.82) is 5.26 Å². The van der Waals surface area contributed by atoms with Crippen LogP contribution >= 0.6 is 0 Å². The van der Waals surface area contributed by atoms with Gasteiger partial charge in [0.1, 0.15) is 17.4 Å². The molecule has 0 bridgehead atoms. The van der Waals surface area contributed by atoms with E-state index in [0.29, 0.717) is 16.5 Å². The molecule has 0 saturated heterocycles. The van der Waals surface area contributed by atoms with Crippen LogP contribution in [0, 0.1) is 18.3 Å². The molecule has 3 N–H and O–H groups in total. The first-order chi connectivity index (χ1) is 12.6. The van der Waals surface area contributed by atoms with E-state index < -0.39 is 5.91 Å². The molecule has 0 aliphatic carbocycles. The van der Waals surface area contributed by atoms with Gasteiger partial charge in [0.15, 0.2) is 0 Å². The first kappa shape index (κ1) is 17.1. The van der Waals surface area contributed by atoms with Crippen LogP contribution in [0.4, 0.5) is 11.4 Å². The molecular weight excluding hydrogens is 326 g/mol. The molecule has 1 amide bonds. The van der Waals surface area contributed by atoms with Crippen molar-refractivity contribution in [3.05, 3.63) is 78.0 Å². The monoisotopic (exact) mass is 343 g/mol. The van der Waals surface area contributed by atoms with E-state index in [-0.39, 0.29) is 11.3 Å². The third-order valence-electron chi connectivity index (χ3n) is 3.91. The van der Waals surface area contributed by atoms with Gasteiger partial charge in [0.25, 0.3) is 5.91 Å². The lowest BCUT2D eigenvalue weighted by molar-refractivity contribution is -0.112. The summed E-state index contributed by atoms with van der Waals surface area (Å²) in [5.74, 6) is -0.390. The van der Waals surface area contributed by atoms with Gasteiger partial charge in [0, 0.05) is 28.3 Å². The Morgan fingerprint density at radius 3 is 2.58 bits per heavy atom. The smallest absolute Gasteiger partial charge is 0.267 e. The van der Waals surface area contributed by atoms with E-state index in [2.05, 4.69) is 10.6 Å². The second-order valence-electron chi connectivity index (χ2n) is 5.82. The first-order valence-corrected chi connectivity index (χ1v) is 8.04. The summed E-state index contributed by atoms with van der Waals surface area (Å²) in [6, 6.07) is 19.8. The van der Waals surface area contributed by atoms with E-state index in [9.17, 15) is 15.2 Å². The Balaban J connectivity index is 1.83. The Morgan fingerprint density at radius 1 is 1.08 bits per heavy atom. The molecule has 0 heterocycles. The van der Waals surface area contributed by atoms with Gasteiger partial charge >= 0.3 is 0 Å². The van der Waals surface area contributed by atoms with E-state index in [1.165, 1.54) is 6.20 Å². The second-order valence-corrected chi connectivity index (χ2v) is 5.82. The highest BCUT2D eigenvalue weighted by molar-refractivity contribution is 6.11. The number of fused-ring (bicyclic) bond motifs is 1. The van der Waals surface area contributed by atoms with Crippen molar-refractivity contribution in [3.63, 3.8) is 0 Å². The van der Waals surface area contributed by atoms with E-state index in [1.807, 2.05) is 37.3 Å². The SMILES string of the molecule is Cc1cccc(N/C=C(/C#N)C(=O)Nc2cccc3c(O)cccc23)c1. The number of amides is 1. The van der Waals surface area contributed by atoms with Crippen molar-refractivity contribution in [2.45, 2.75) is 6.92 Å². The number of carbonyl (C=O) groups excluding carboxylic acids is 1. The van der Waals surface area contributed by atoms with E-state index in [4.69, 9.17) is 0 Å².